The number of hydrogen-bond acceptors (Lipinski definition) is 6. The summed E-state index contributed by atoms with van der Waals surface area (Å²) < 4.78 is 30.2. The number of aliphatic hydroxyl groups excluding tert-OH is 1. The number of ether oxygens (including phenoxy) is 2. The molecule has 6 nitrogen and oxygen atoms in total. The topological polar surface area (TPSA) is 68.0 Å². The Bertz CT molecular complexity index is 946. The third-order valence-electron chi connectivity index (χ3n) is 6.51. The monoisotopic (exact) mass is 430 g/mol. The summed E-state index contributed by atoms with van der Waals surface area (Å²) >= 11 is 0. The number of likely N-dealkylation sites (tertiary alicyclic amines) is 1. The molecule has 2 aliphatic rings. The Morgan fingerprint density at radius 3 is 2.90 bits per heavy atom. The van der Waals surface area contributed by atoms with Crippen LogP contribution in [0.15, 0.2) is 46.7 Å². The zero-order chi connectivity index (χ0) is 21.8. The predicted octanol–water partition coefficient (Wildman–Crippen LogP) is 4.16. The van der Waals surface area contributed by atoms with E-state index in [0.29, 0.717) is 24.5 Å². The van der Waals surface area contributed by atoms with Gasteiger partial charge in [-0.25, -0.2) is 4.39 Å². The van der Waals surface area contributed by atoms with Crippen molar-refractivity contribution in [3.05, 3.63) is 53.7 Å². The minimum absolute atomic E-state index is 0.303. The SMILES string of the molecule is COC1=CC=CC(OCCCN2CCC(c3noc4cc(F)ccc34)CC2)(C(C)O)C1. The molecule has 2 atom stereocenters. The van der Waals surface area contributed by atoms with Crippen LogP contribution in [0.3, 0.4) is 0 Å². The lowest BCUT2D eigenvalue weighted by Crippen LogP contribution is -2.43. The van der Waals surface area contributed by atoms with Crippen LogP contribution in [0.25, 0.3) is 11.0 Å². The number of fused-ring (bicyclic) bond motifs is 1. The quantitative estimate of drug-likeness (QED) is 0.634. The second kappa shape index (κ2) is 9.51. The molecule has 1 aromatic carbocycles. The van der Waals surface area contributed by atoms with Crippen molar-refractivity contribution in [1.29, 1.82) is 0 Å². The van der Waals surface area contributed by atoms with Crippen LogP contribution in [0.4, 0.5) is 4.39 Å². The van der Waals surface area contributed by atoms with Crippen LogP contribution in [-0.2, 0) is 9.47 Å². The number of methoxy groups -OCH3 is 1. The number of aromatic nitrogens is 1. The molecule has 0 spiro atoms. The maximum absolute atomic E-state index is 13.4. The van der Waals surface area contributed by atoms with Gasteiger partial charge >= 0.3 is 0 Å². The Balaban J connectivity index is 1.24. The first-order valence-corrected chi connectivity index (χ1v) is 11.0. The fraction of sp³-hybridized carbons (Fsp3) is 0.542. The highest BCUT2D eigenvalue weighted by atomic mass is 19.1. The smallest absolute Gasteiger partial charge is 0.170 e. The molecule has 1 aliphatic carbocycles. The highest BCUT2D eigenvalue weighted by Crippen LogP contribution is 2.33. The summed E-state index contributed by atoms with van der Waals surface area (Å²) in [6.07, 6.45) is 8.54. The lowest BCUT2D eigenvalue weighted by atomic mass is 9.88. The Morgan fingerprint density at radius 1 is 1.35 bits per heavy atom. The van der Waals surface area contributed by atoms with E-state index in [1.807, 2.05) is 18.2 Å². The first-order chi connectivity index (χ1) is 15.0. The predicted molar refractivity (Wildman–Crippen MR) is 116 cm³/mol. The molecule has 1 fully saturated rings. The normalized spacial score (nSPS) is 23.8. The number of hydrogen-bond donors (Lipinski definition) is 1. The van der Waals surface area contributed by atoms with Gasteiger partial charge in [0.15, 0.2) is 5.58 Å². The van der Waals surface area contributed by atoms with Crippen LogP contribution in [0, 0.1) is 5.82 Å². The molecule has 0 bridgehead atoms. The zero-order valence-corrected chi connectivity index (χ0v) is 18.2. The first kappa shape index (κ1) is 22.0. The van der Waals surface area contributed by atoms with Crippen LogP contribution < -0.4 is 0 Å². The minimum Gasteiger partial charge on any atom is -0.501 e. The van der Waals surface area contributed by atoms with Crippen molar-refractivity contribution in [1.82, 2.24) is 10.1 Å². The van der Waals surface area contributed by atoms with Gasteiger partial charge in [0.1, 0.15) is 11.4 Å². The molecule has 1 aliphatic heterocycles. The zero-order valence-electron chi connectivity index (χ0n) is 18.2. The third kappa shape index (κ3) is 4.84. The number of allylic oxidation sites excluding steroid dienone is 2. The molecule has 0 radical (unpaired) electrons. The molecular formula is C24H31FN2O4. The van der Waals surface area contributed by atoms with E-state index in [1.165, 1.54) is 12.1 Å². The Hall–Kier alpha value is -2.22. The summed E-state index contributed by atoms with van der Waals surface area (Å²) in [5.41, 5.74) is 0.744. The molecule has 4 rings (SSSR count). The van der Waals surface area contributed by atoms with Crippen LogP contribution in [0.2, 0.25) is 0 Å². The third-order valence-corrected chi connectivity index (χ3v) is 6.51. The number of benzene rings is 1. The van der Waals surface area contributed by atoms with E-state index in [1.54, 1.807) is 20.1 Å². The molecule has 0 saturated carbocycles. The molecular weight excluding hydrogens is 399 g/mol. The fourth-order valence-corrected chi connectivity index (χ4v) is 4.56. The average Bonchev–Trinajstić information content (AvgIpc) is 3.20. The lowest BCUT2D eigenvalue weighted by Gasteiger charge is -2.36. The average molecular weight is 431 g/mol. The summed E-state index contributed by atoms with van der Waals surface area (Å²) in [7, 11) is 1.64. The Labute approximate surface area is 182 Å². The highest BCUT2D eigenvalue weighted by Gasteiger charge is 2.36. The van der Waals surface area contributed by atoms with Crippen molar-refractivity contribution in [2.45, 2.75) is 50.2 Å². The van der Waals surface area contributed by atoms with E-state index in [4.69, 9.17) is 14.0 Å². The van der Waals surface area contributed by atoms with Gasteiger partial charge < -0.3 is 24.0 Å². The van der Waals surface area contributed by atoms with E-state index < -0.39 is 11.7 Å². The van der Waals surface area contributed by atoms with Crippen molar-refractivity contribution in [2.24, 2.45) is 0 Å². The van der Waals surface area contributed by atoms with Gasteiger partial charge in [0.25, 0.3) is 0 Å². The van der Waals surface area contributed by atoms with Crippen LogP contribution in [0.1, 0.15) is 44.2 Å². The van der Waals surface area contributed by atoms with Crippen LogP contribution in [-0.4, -0.2) is 60.2 Å². The van der Waals surface area contributed by atoms with Gasteiger partial charge in [0.05, 0.1) is 24.7 Å². The van der Waals surface area contributed by atoms with E-state index >= 15 is 0 Å². The van der Waals surface area contributed by atoms with Crippen molar-refractivity contribution in [3.8, 4) is 0 Å². The number of rotatable bonds is 8. The second-order valence-corrected chi connectivity index (χ2v) is 8.53. The van der Waals surface area contributed by atoms with Crippen molar-refractivity contribution in [2.75, 3.05) is 33.4 Å². The minimum atomic E-state index is -0.722. The Kier molecular flexibility index (Phi) is 6.74. The molecule has 2 unspecified atom stereocenters. The molecule has 2 heterocycles. The molecule has 0 amide bonds. The van der Waals surface area contributed by atoms with Crippen LogP contribution in [0.5, 0.6) is 0 Å². The maximum atomic E-state index is 13.4. The molecule has 31 heavy (non-hydrogen) atoms. The molecule has 1 aromatic heterocycles. The molecule has 1 saturated heterocycles. The lowest BCUT2D eigenvalue weighted by molar-refractivity contribution is -0.0925. The number of nitrogens with zero attached hydrogens (tertiary/aromatic N) is 2. The fourth-order valence-electron chi connectivity index (χ4n) is 4.56. The number of piperidine rings is 1. The van der Waals surface area contributed by atoms with Gasteiger partial charge in [0, 0.05) is 36.9 Å². The van der Waals surface area contributed by atoms with Gasteiger partial charge in [-0.3, -0.25) is 0 Å². The summed E-state index contributed by atoms with van der Waals surface area (Å²) in [4.78, 5) is 2.44. The van der Waals surface area contributed by atoms with Crippen molar-refractivity contribution >= 4 is 11.0 Å². The summed E-state index contributed by atoms with van der Waals surface area (Å²) in [6, 6.07) is 4.63. The van der Waals surface area contributed by atoms with Gasteiger partial charge in [-0.2, -0.15) is 0 Å². The van der Waals surface area contributed by atoms with E-state index in [9.17, 15) is 9.50 Å². The number of aliphatic hydroxyl groups is 1. The summed E-state index contributed by atoms with van der Waals surface area (Å²) in [6.45, 7) is 5.25. The molecule has 7 heteroatoms. The van der Waals surface area contributed by atoms with Crippen molar-refractivity contribution in [3.63, 3.8) is 0 Å². The summed E-state index contributed by atoms with van der Waals surface area (Å²) in [5, 5.41) is 15.4. The maximum Gasteiger partial charge on any atom is 0.170 e. The van der Waals surface area contributed by atoms with Gasteiger partial charge in [0.2, 0.25) is 0 Å². The van der Waals surface area contributed by atoms with Crippen molar-refractivity contribution < 1.29 is 23.5 Å². The molecule has 2 aromatic rings. The largest absolute Gasteiger partial charge is 0.501 e. The van der Waals surface area contributed by atoms with Gasteiger partial charge in [-0.1, -0.05) is 11.2 Å². The second-order valence-electron chi connectivity index (χ2n) is 8.53. The van der Waals surface area contributed by atoms with Crippen LogP contribution >= 0.6 is 0 Å². The molecule has 168 valence electrons. The standard InChI is InChI=1S/C24H31FN2O4/c1-17(28)24(10-3-5-20(16-24)29-2)30-14-4-11-27-12-8-18(9-13-27)23-21-7-6-19(25)15-22(21)31-26-23/h3,5-7,10,15,17-18,28H,4,8-9,11-14,16H2,1-2H3. The van der Waals surface area contributed by atoms with E-state index in [2.05, 4.69) is 10.1 Å². The Morgan fingerprint density at radius 2 is 2.16 bits per heavy atom. The highest BCUT2D eigenvalue weighted by molar-refractivity contribution is 5.79. The molecule has 1 N–H and O–H groups in total. The van der Waals surface area contributed by atoms with E-state index in [0.717, 1.165) is 55.7 Å². The first-order valence-electron chi connectivity index (χ1n) is 11.0. The number of halogens is 1. The van der Waals surface area contributed by atoms with Gasteiger partial charge in [-0.15, -0.1) is 0 Å². The van der Waals surface area contributed by atoms with Gasteiger partial charge in [-0.05, 0) is 63.6 Å². The summed E-state index contributed by atoms with van der Waals surface area (Å²) in [5.74, 6) is 0.848. The van der Waals surface area contributed by atoms with E-state index in [-0.39, 0.29) is 5.82 Å².